The minimum Gasteiger partial charge on any atom is -0.457 e. The second-order valence-electron chi connectivity index (χ2n) is 7.53. The van der Waals surface area contributed by atoms with Gasteiger partial charge in [0, 0.05) is 4.47 Å². The van der Waals surface area contributed by atoms with E-state index in [9.17, 15) is 9.59 Å². The van der Waals surface area contributed by atoms with Gasteiger partial charge in [-0.25, -0.2) is 0 Å². The van der Waals surface area contributed by atoms with E-state index in [0.717, 1.165) is 16.6 Å². The number of allylic oxidation sites excluding steroid dienone is 2. The van der Waals surface area contributed by atoms with Gasteiger partial charge in [-0.05, 0) is 73.7 Å². The van der Waals surface area contributed by atoms with Crippen LogP contribution in [0.4, 0.5) is 5.69 Å². The van der Waals surface area contributed by atoms with Crippen molar-refractivity contribution in [2.24, 2.45) is 23.7 Å². The second-order valence-corrected chi connectivity index (χ2v) is 8.45. The fourth-order valence-corrected chi connectivity index (χ4v) is 5.10. The van der Waals surface area contributed by atoms with Crippen molar-refractivity contribution < 1.29 is 14.3 Å². The Bertz CT molecular complexity index is 964. The average molecular weight is 424 g/mol. The number of nitrogens with zero attached hydrogens (tertiary/aromatic N) is 1. The molecule has 4 atom stereocenters. The van der Waals surface area contributed by atoms with Gasteiger partial charge in [0.15, 0.2) is 0 Å². The van der Waals surface area contributed by atoms with Crippen LogP contribution >= 0.6 is 15.9 Å². The van der Waals surface area contributed by atoms with Crippen molar-refractivity contribution in [3.8, 4) is 11.5 Å². The summed E-state index contributed by atoms with van der Waals surface area (Å²) in [5, 5.41) is 0. The van der Waals surface area contributed by atoms with Gasteiger partial charge in [0.05, 0.1) is 17.5 Å². The lowest BCUT2D eigenvalue weighted by atomic mass is 9.82. The summed E-state index contributed by atoms with van der Waals surface area (Å²) in [6.07, 6.45) is 3.14. The van der Waals surface area contributed by atoms with Crippen molar-refractivity contribution in [1.82, 2.24) is 0 Å². The molecule has 1 saturated heterocycles. The minimum absolute atomic E-state index is 0.0495. The van der Waals surface area contributed by atoms with E-state index >= 15 is 0 Å². The van der Waals surface area contributed by atoms with Crippen LogP contribution < -0.4 is 9.64 Å². The average Bonchev–Trinajstić information content (AvgIpc) is 3.29. The molecule has 136 valence electrons. The molecule has 0 radical (unpaired) electrons. The highest BCUT2D eigenvalue weighted by atomic mass is 79.9. The van der Waals surface area contributed by atoms with Crippen molar-refractivity contribution in [1.29, 1.82) is 0 Å². The van der Waals surface area contributed by atoms with Crippen molar-refractivity contribution >= 4 is 33.4 Å². The van der Waals surface area contributed by atoms with Crippen LogP contribution in [-0.2, 0) is 9.59 Å². The summed E-state index contributed by atoms with van der Waals surface area (Å²) in [5.41, 5.74) is 1.89. The number of benzene rings is 2. The first kappa shape index (κ1) is 16.8. The second kappa shape index (κ2) is 6.06. The van der Waals surface area contributed by atoms with E-state index in [0.29, 0.717) is 11.4 Å². The smallest absolute Gasteiger partial charge is 0.238 e. The summed E-state index contributed by atoms with van der Waals surface area (Å²) >= 11 is 3.40. The van der Waals surface area contributed by atoms with E-state index in [1.54, 1.807) is 24.3 Å². The zero-order chi connectivity index (χ0) is 18.7. The van der Waals surface area contributed by atoms with E-state index in [1.807, 2.05) is 24.3 Å². The van der Waals surface area contributed by atoms with Crippen LogP contribution in [0.2, 0.25) is 0 Å². The number of ether oxygens (including phenoxy) is 1. The molecule has 4 nitrogen and oxygen atoms in total. The Balaban J connectivity index is 1.37. The van der Waals surface area contributed by atoms with Gasteiger partial charge in [-0.3, -0.25) is 14.5 Å². The number of rotatable bonds is 3. The molecule has 2 aromatic carbocycles. The number of hydrogen-bond donors (Lipinski definition) is 0. The third kappa shape index (κ3) is 2.56. The van der Waals surface area contributed by atoms with Gasteiger partial charge in [-0.15, -0.1) is 0 Å². The normalized spacial score (nSPS) is 28.5. The maximum atomic E-state index is 13.0. The molecule has 2 aromatic rings. The van der Waals surface area contributed by atoms with Crippen molar-refractivity contribution in [2.75, 3.05) is 4.90 Å². The number of anilines is 1. The first-order valence-electron chi connectivity index (χ1n) is 9.12. The summed E-state index contributed by atoms with van der Waals surface area (Å²) in [4.78, 5) is 27.3. The summed E-state index contributed by atoms with van der Waals surface area (Å²) < 4.78 is 6.81. The van der Waals surface area contributed by atoms with E-state index in [-0.39, 0.29) is 35.5 Å². The minimum atomic E-state index is -0.176. The van der Waals surface area contributed by atoms with E-state index < -0.39 is 0 Å². The van der Waals surface area contributed by atoms with Crippen LogP contribution in [0.1, 0.15) is 13.3 Å². The fraction of sp³-hybridized carbons (Fsp3) is 0.273. The van der Waals surface area contributed by atoms with Crippen LogP contribution in [0, 0.1) is 23.7 Å². The van der Waals surface area contributed by atoms with Crippen LogP contribution in [0.3, 0.4) is 0 Å². The van der Waals surface area contributed by atoms with Gasteiger partial charge in [-0.1, -0.05) is 27.6 Å². The fourth-order valence-electron chi connectivity index (χ4n) is 4.83. The number of imide groups is 1. The van der Waals surface area contributed by atoms with Crippen molar-refractivity contribution in [2.45, 2.75) is 13.3 Å². The molecule has 1 aliphatic heterocycles. The Kier molecular flexibility index (Phi) is 3.76. The number of hydrogen-bond acceptors (Lipinski definition) is 3. The Labute approximate surface area is 165 Å². The molecule has 0 unspecified atom stereocenters. The Morgan fingerprint density at radius 2 is 1.52 bits per heavy atom. The highest BCUT2D eigenvalue weighted by Gasteiger charge is 2.60. The number of carbonyl (C=O) groups is 2. The Morgan fingerprint density at radius 1 is 0.926 bits per heavy atom. The summed E-state index contributed by atoms with van der Waals surface area (Å²) in [5.74, 6) is 1.40. The maximum absolute atomic E-state index is 13.0. The van der Waals surface area contributed by atoms with Crippen molar-refractivity contribution in [3.63, 3.8) is 0 Å². The third-order valence-electron chi connectivity index (χ3n) is 6.02. The quantitative estimate of drug-likeness (QED) is 0.518. The number of amides is 2. The van der Waals surface area contributed by atoms with Gasteiger partial charge < -0.3 is 4.74 Å². The maximum Gasteiger partial charge on any atom is 0.238 e. The lowest BCUT2D eigenvalue weighted by Gasteiger charge is -2.19. The number of fused-ring (bicyclic) bond motifs is 5. The zero-order valence-electron chi connectivity index (χ0n) is 14.8. The topological polar surface area (TPSA) is 46.6 Å². The molecule has 1 saturated carbocycles. The van der Waals surface area contributed by atoms with E-state index in [1.165, 1.54) is 10.5 Å². The lowest BCUT2D eigenvalue weighted by Crippen LogP contribution is -2.32. The largest absolute Gasteiger partial charge is 0.457 e. The lowest BCUT2D eigenvalue weighted by molar-refractivity contribution is -0.123. The molecular weight excluding hydrogens is 406 g/mol. The third-order valence-corrected chi connectivity index (χ3v) is 6.55. The molecule has 1 heterocycles. The summed E-state index contributed by atoms with van der Waals surface area (Å²) in [6, 6.07) is 14.7. The summed E-state index contributed by atoms with van der Waals surface area (Å²) in [7, 11) is 0. The van der Waals surface area contributed by atoms with E-state index in [2.05, 4.69) is 28.9 Å². The zero-order valence-corrected chi connectivity index (χ0v) is 16.3. The molecule has 2 bridgehead atoms. The van der Waals surface area contributed by atoms with Gasteiger partial charge in [0.2, 0.25) is 11.8 Å². The molecule has 0 spiro atoms. The molecule has 27 heavy (non-hydrogen) atoms. The molecule has 5 rings (SSSR count). The molecular formula is C22H18BrNO3. The van der Waals surface area contributed by atoms with Crippen LogP contribution in [0.25, 0.3) is 0 Å². The van der Waals surface area contributed by atoms with Crippen molar-refractivity contribution in [3.05, 3.63) is 64.7 Å². The monoisotopic (exact) mass is 423 g/mol. The highest BCUT2D eigenvalue weighted by molar-refractivity contribution is 9.10. The van der Waals surface area contributed by atoms with E-state index in [4.69, 9.17) is 4.74 Å². The molecule has 0 N–H and O–H groups in total. The first-order valence-corrected chi connectivity index (χ1v) is 9.92. The van der Waals surface area contributed by atoms with Gasteiger partial charge >= 0.3 is 0 Å². The molecule has 5 heteroatoms. The standard InChI is InChI=1S/C22H18BrNO3/c1-12-10-13-11-18(12)20-19(13)21(25)24(22(20)26)15-4-8-17(9-5-15)27-16-6-2-14(23)3-7-16/h2-10,13,18-20H,11H2,1H3/t13-,18-,19-,20-/m1/s1. The molecule has 3 aliphatic rings. The van der Waals surface area contributed by atoms with Gasteiger partial charge in [-0.2, -0.15) is 0 Å². The van der Waals surface area contributed by atoms with Crippen LogP contribution in [0.15, 0.2) is 64.7 Å². The van der Waals surface area contributed by atoms with Gasteiger partial charge in [0.25, 0.3) is 0 Å². The number of carbonyl (C=O) groups excluding carboxylic acids is 2. The predicted octanol–water partition coefficient (Wildman–Crippen LogP) is 4.94. The van der Waals surface area contributed by atoms with Crippen LogP contribution in [-0.4, -0.2) is 11.8 Å². The molecule has 2 fully saturated rings. The van der Waals surface area contributed by atoms with Gasteiger partial charge in [0.1, 0.15) is 11.5 Å². The Morgan fingerprint density at radius 3 is 2.19 bits per heavy atom. The predicted molar refractivity (Wildman–Crippen MR) is 105 cm³/mol. The highest BCUT2D eigenvalue weighted by Crippen LogP contribution is 2.55. The SMILES string of the molecule is CC1=C[C@@H]2C[C@H]1[C@H]1C(=O)N(c3ccc(Oc4ccc(Br)cc4)cc3)C(=O)[C@@H]12. The molecule has 2 amide bonds. The Hall–Kier alpha value is -2.40. The number of halogens is 1. The first-order chi connectivity index (χ1) is 13.0. The summed E-state index contributed by atoms with van der Waals surface area (Å²) in [6.45, 7) is 2.08. The molecule has 2 aliphatic carbocycles. The van der Waals surface area contributed by atoms with Crippen LogP contribution in [0.5, 0.6) is 11.5 Å². The molecule has 0 aromatic heterocycles.